The Morgan fingerprint density at radius 3 is 2.72 bits per heavy atom. The first kappa shape index (κ1) is 19.9. The number of hydrogen-bond donors (Lipinski definition) is 3. The lowest BCUT2D eigenvalue weighted by Crippen LogP contribution is -2.45. The number of carbonyl (C=O) groups excluding carboxylic acids is 1. The normalized spacial score (nSPS) is 24.1. The Morgan fingerprint density at radius 1 is 1.21 bits per heavy atom. The number of amides is 1. The maximum Gasteiger partial charge on any atom is 0.237 e. The second kappa shape index (κ2) is 8.17. The number of piperidine rings is 1. The quantitative estimate of drug-likeness (QED) is 0.670. The van der Waals surface area contributed by atoms with Gasteiger partial charge in [0.05, 0.1) is 22.0 Å². The van der Waals surface area contributed by atoms with Crippen LogP contribution in [-0.4, -0.2) is 44.5 Å². The zero-order valence-electron chi connectivity index (χ0n) is 15.8. The van der Waals surface area contributed by atoms with Gasteiger partial charge in [0.15, 0.2) is 0 Å². The van der Waals surface area contributed by atoms with Crippen LogP contribution in [0.4, 0.5) is 4.39 Å². The number of nitrogens with one attached hydrogen (secondary N) is 3. The molecular weight excluding hydrogens is 395 g/mol. The molecule has 0 radical (unpaired) electrons. The van der Waals surface area contributed by atoms with Crippen LogP contribution < -0.4 is 16.0 Å². The van der Waals surface area contributed by atoms with E-state index in [1.165, 1.54) is 12.1 Å². The summed E-state index contributed by atoms with van der Waals surface area (Å²) in [5.41, 5.74) is 0.784. The van der Waals surface area contributed by atoms with Crippen molar-refractivity contribution < 1.29 is 17.6 Å². The maximum atomic E-state index is 13.3. The van der Waals surface area contributed by atoms with Crippen LogP contribution in [0, 0.1) is 11.7 Å². The number of benzene rings is 1. The van der Waals surface area contributed by atoms with Gasteiger partial charge in [0.2, 0.25) is 15.7 Å². The van der Waals surface area contributed by atoms with Crippen molar-refractivity contribution in [3.8, 4) is 0 Å². The average molecular weight is 418 g/mol. The van der Waals surface area contributed by atoms with Crippen LogP contribution in [0.1, 0.15) is 18.4 Å². The molecule has 0 bridgehead atoms. The van der Waals surface area contributed by atoms with E-state index in [9.17, 15) is 17.6 Å². The molecule has 2 saturated heterocycles. The predicted molar refractivity (Wildman–Crippen MR) is 104 cm³/mol. The standard InChI is InChI=1S/C20H23FN4O3S/c21-15-8-17(12-23-11-15)29(27,28)16-3-1-13(2-4-16)9-24-20(26)19-7-14-10-22-6-5-18(14)25-19/h1-4,8,11-12,14,18-19,22,25H,5-7,9-10H2,(H,24,26). The van der Waals surface area contributed by atoms with Crippen LogP contribution in [0.2, 0.25) is 0 Å². The molecule has 3 heterocycles. The summed E-state index contributed by atoms with van der Waals surface area (Å²) < 4.78 is 38.4. The molecule has 2 aromatic rings. The first-order valence-electron chi connectivity index (χ1n) is 9.62. The van der Waals surface area contributed by atoms with Gasteiger partial charge in [-0.05, 0) is 55.6 Å². The Balaban J connectivity index is 1.37. The van der Waals surface area contributed by atoms with Crippen molar-refractivity contribution in [2.75, 3.05) is 13.1 Å². The molecule has 7 nitrogen and oxygen atoms in total. The maximum absolute atomic E-state index is 13.3. The summed E-state index contributed by atoms with van der Waals surface area (Å²) in [6.45, 7) is 2.23. The highest BCUT2D eigenvalue weighted by molar-refractivity contribution is 7.91. The molecule has 0 aliphatic carbocycles. The molecule has 3 atom stereocenters. The van der Waals surface area contributed by atoms with E-state index >= 15 is 0 Å². The van der Waals surface area contributed by atoms with Crippen molar-refractivity contribution in [3.05, 3.63) is 54.1 Å². The monoisotopic (exact) mass is 418 g/mol. The zero-order valence-corrected chi connectivity index (χ0v) is 16.6. The van der Waals surface area contributed by atoms with Crippen LogP contribution in [0.15, 0.2) is 52.5 Å². The van der Waals surface area contributed by atoms with Crippen molar-refractivity contribution in [2.45, 2.75) is 41.3 Å². The lowest BCUT2D eigenvalue weighted by molar-refractivity contribution is -0.123. The Bertz CT molecular complexity index is 983. The van der Waals surface area contributed by atoms with E-state index < -0.39 is 15.7 Å². The second-order valence-electron chi connectivity index (χ2n) is 7.52. The molecule has 2 aliphatic rings. The van der Waals surface area contributed by atoms with E-state index in [1.807, 2.05) is 0 Å². The van der Waals surface area contributed by atoms with Gasteiger partial charge in [-0.2, -0.15) is 0 Å². The molecular formula is C20H23FN4O3S. The zero-order chi connectivity index (χ0) is 20.4. The molecule has 0 saturated carbocycles. The van der Waals surface area contributed by atoms with E-state index in [-0.39, 0.29) is 21.7 Å². The molecule has 2 fully saturated rings. The molecule has 0 spiro atoms. The van der Waals surface area contributed by atoms with E-state index in [4.69, 9.17) is 0 Å². The molecule has 1 amide bonds. The molecule has 9 heteroatoms. The highest BCUT2D eigenvalue weighted by Gasteiger charge is 2.38. The highest BCUT2D eigenvalue weighted by Crippen LogP contribution is 2.25. The number of halogens is 1. The van der Waals surface area contributed by atoms with Gasteiger partial charge in [0, 0.05) is 18.8 Å². The fourth-order valence-corrected chi connectivity index (χ4v) is 5.21. The summed E-state index contributed by atoms with van der Waals surface area (Å²) in [7, 11) is -3.84. The molecule has 3 unspecified atom stereocenters. The van der Waals surface area contributed by atoms with Gasteiger partial charge in [-0.1, -0.05) is 12.1 Å². The van der Waals surface area contributed by atoms with Crippen molar-refractivity contribution in [1.82, 2.24) is 20.9 Å². The smallest absolute Gasteiger partial charge is 0.237 e. The van der Waals surface area contributed by atoms with Gasteiger partial charge in [0.1, 0.15) is 5.82 Å². The third kappa shape index (κ3) is 4.31. The first-order chi connectivity index (χ1) is 13.9. The fourth-order valence-electron chi connectivity index (χ4n) is 3.98. The van der Waals surface area contributed by atoms with Crippen LogP contribution in [0.3, 0.4) is 0 Å². The van der Waals surface area contributed by atoms with E-state index in [1.54, 1.807) is 12.1 Å². The van der Waals surface area contributed by atoms with Crippen molar-refractivity contribution in [2.24, 2.45) is 5.92 Å². The van der Waals surface area contributed by atoms with E-state index in [0.717, 1.165) is 50.0 Å². The molecule has 3 N–H and O–H groups in total. The summed E-state index contributed by atoms with van der Waals surface area (Å²) in [5, 5.41) is 9.69. The minimum atomic E-state index is -3.84. The molecule has 2 aliphatic heterocycles. The molecule has 4 rings (SSSR count). The Kier molecular flexibility index (Phi) is 5.62. The largest absolute Gasteiger partial charge is 0.351 e. The van der Waals surface area contributed by atoms with Crippen molar-refractivity contribution in [3.63, 3.8) is 0 Å². The molecule has 154 valence electrons. The topological polar surface area (TPSA) is 100 Å². The van der Waals surface area contributed by atoms with Crippen molar-refractivity contribution >= 4 is 15.7 Å². The number of aromatic nitrogens is 1. The summed E-state index contributed by atoms with van der Waals surface area (Å²) in [6.07, 6.45) is 3.93. The number of fused-ring (bicyclic) bond motifs is 1. The van der Waals surface area contributed by atoms with Crippen LogP contribution in [0.25, 0.3) is 0 Å². The first-order valence-corrected chi connectivity index (χ1v) is 11.1. The minimum Gasteiger partial charge on any atom is -0.351 e. The molecule has 1 aromatic heterocycles. The SMILES string of the molecule is O=C(NCc1ccc(S(=O)(=O)c2cncc(F)c2)cc1)C1CC2CNCCC2N1. The van der Waals surface area contributed by atoms with Crippen LogP contribution >= 0.6 is 0 Å². The van der Waals surface area contributed by atoms with E-state index in [2.05, 4.69) is 20.9 Å². The van der Waals surface area contributed by atoms with Gasteiger partial charge in [-0.3, -0.25) is 9.78 Å². The van der Waals surface area contributed by atoms with Crippen LogP contribution in [-0.2, 0) is 21.2 Å². The Hall–Kier alpha value is -2.36. The van der Waals surface area contributed by atoms with Gasteiger partial charge in [-0.15, -0.1) is 0 Å². The lowest BCUT2D eigenvalue weighted by Gasteiger charge is -2.25. The van der Waals surface area contributed by atoms with E-state index in [0.29, 0.717) is 18.5 Å². The number of carbonyl (C=O) groups is 1. The second-order valence-corrected chi connectivity index (χ2v) is 9.47. The molecule has 29 heavy (non-hydrogen) atoms. The number of hydrogen-bond acceptors (Lipinski definition) is 6. The summed E-state index contributed by atoms with van der Waals surface area (Å²) >= 11 is 0. The van der Waals surface area contributed by atoms with Gasteiger partial charge in [-0.25, -0.2) is 12.8 Å². The van der Waals surface area contributed by atoms with Gasteiger partial charge in [0.25, 0.3) is 0 Å². The number of pyridine rings is 1. The Morgan fingerprint density at radius 2 is 2.00 bits per heavy atom. The number of sulfone groups is 1. The summed E-state index contributed by atoms with van der Waals surface area (Å²) in [5.74, 6) is -0.259. The third-order valence-electron chi connectivity index (χ3n) is 5.57. The predicted octanol–water partition coefficient (Wildman–Crippen LogP) is 1.01. The fraction of sp³-hybridized carbons (Fsp3) is 0.400. The minimum absolute atomic E-state index is 0.0399. The number of nitrogens with zero attached hydrogens (tertiary/aromatic N) is 1. The van der Waals surface area contributed by atoms with Gasteiger partial charge >= 0.3 is 0 Å². The third-order valence-corrected chi connectivity index (χ3v) is 7.30. The number of rotatable bonds is 5. The van der Waals surface area contributed by atoms with Gasteiger partial charge < -0.3 is 16.0 Å². The lowest BCUT2D eigenvalue weighted by atomic mass is 9.94. The molecule has 1 aromatic carbocycles. The summed E-state index contributed by atoms with van der Waals surface area (Å²) in [6, 6.07) is 7.35. The van der Waals surface area contributed by atoms with Crippen LogP contribution in [0.5, 0.6) is 0 Å². The average Bonchev–Trinajstić information content (AvgIpc) is 3.17. The summed E-state index contributed by atoms with van der Waals surface area (Å²) in [4.78, 5) is 15.9. The van der Waals surface area contributed by atoms with Crippen molar-refractivity contribution in [1.29, 1.82) is 0 Å². The highest BCUT2D eigenvalue weighted by atomic mass is 32.2. The Labute approximate surface area is 169 Å².